The van der Waals surface area contributed by atoms with E-state index in [4.69, 9.17) is 16.3 Å². The predicted octanol–water partition coefficient (Wildman–Crippen LogP) is 1.70. The Labute approximate surface area is 103 Å². The minimum atomic E-state index is -3.48. The Hall–Kier alpha value is -1.40. The highest BCUT2D eigenvalue weighted by atomic mass is 35.5. The molecule has 5 nitrogen and oxygen atoms in total. The van der Waals surface area contributed by atoms with Gasteiger partial charge in [-0.1, -0.05) is 11.6 Å². The average Bonchev–Trinajstić information content (AvgIpc) is 2.25. The second-order valence-electron chi connectivity index (χ2n) is 3.44. The van der Waals surface area contributed by atoms with Crippen LogP contribution >= 0.6 is 11.6 Å². The first-order chi connectivity index (χ1) is 7.91. The van der Waals surface area contributed by atoms with Crippen LogP contribution in [0, 0.1) is 0 Å². The molecule has 0 N–H and O–H groups in total. The number of nitrogens with zero attached hydrogens (tertiary/aromatic N) is 2. The van der Waals surface area contributed by atoms with Crippen molar-refractivity contribution in [2.24, 2.45) is 0 Å². The average molecular weight is 273 g/mol. The predicted molar refractivity (Wildman–Crippen MR) is 64.2 cm³/mol. The van der Waals surface area contributed by atoms with Gasteiger partial charge in [-0.05, 0) is 18.2 Å². The van der Waals surface area contributed by atoms with Crippen molar-refractivity contribution in [3.63, 3.8) is 0 Å². The van der Waals surface area contributed by atoms with Crippen LogP contribution in [0.3, 0.4) is 0 Å². The number of halogens is 1. The van der Waals surface area contributed by atoms with Crippen molar-refractivity contribution in [2.45, 2.75) is 5.03 Å². The standard InChI is InChI=1S/C10H9ClN2O3S/c1-16-9-10(17(2,14)15)13-7-4-3-6(11)5-8(7)12-9/h3-5H,1-2H3. The Bertz CT molecular complexity index is 685. The molecule has 0 atom stereocenters. The molecule has 0 aliphatic carbocycles. The van der Waals surface area contributed by atoms with Crippen molar-refractivity contribution >= 4 is 32.5 Å². The maximum absolute atomic E-state index is 11.5. The molecule has 0 radical (unpaired) electrons. The molecule has 0 fully saturated rings. The van der Waals surface area contributed by atoms with Gasteiger partial charge in [0.05, 0.1) is 18.1 Å². The quantitative estimate of drug-likeness (QED) is 0.832. The van der Waals surface area contributed by atoms with Gasteiger partial charge in [0, 0.05) is 11.3 Å². The minimum Gasteiger partial charge on any atom is -0.479 e. The Morgan fingerprint density at radius 1 is 1.24 bits per heavy atom. The van der Waals surface area contributed by atoms with Crippen LogP contribution in [0.25, 0.3) is 11.0 Å². The Balaban J connectivity index is 2.83. The van der Waals surface area contributed by atoms with Crippen LogP contribution in [-0.2, 0) is 9.84 Å². The van der Waals surface area contributed by atoms with Gasteiger partial charge in [0.1, 0.15) is 0 Å². The van der Waals surface area contributed by atoms with Gasteiger partial charge >= 0.3 is 0 Å². The SMILES string of the molecule is COc1nc2cc(Cl)ccc2nc1S(C)(=O)=O. The molecular weight excluding hydrogens is 264 g/mol. The van der Waals surface area contributed by atoms with Gasteiger partial charge in [0.2, 0.25) is 5.03 Å². The molecule has 0 saturated carbocycles. The van der Waals surface area contributed by atoms with E-state index in [-0.39, 0.29) is 10.9 Å². The summed E-state index contributed by atoms with van der Waals surface area (Å²) in [6.07, 6.45) is 1.06. The molecule has 1 aromatic carbocycles. The second-order valence-corrected chi connectivity index (χ2v) is 5.81. The van der Waals surface area contributed by atoms with Gasteiger partial charge in [-0.15, -0.1) is 0 Å². The van der Waals surface area contributed by atoms with E-state index >= 15 is 0 Å². The molecule has 1 heterocycles. The van der Waals surface area contributed by atoms with Crippen LogP contribution in [0.5, 0.6) is 5.88 Å². The molecule has 2 aromatic rings. The molecule has 1 aromatic heterocycles. The summed E-state index contributed by atoms with van der Waals surface area (Å²) in [5.41, 5.74) is 0.942. The third-order valence-corrected chi connectivity index (χ3v) is 3.31. The van der Waals surface area contributed by atoms with Gasteiger partial charge in [-0.25, -0.2) is 18.4 Å². The van der Waals surface area contributed by atoms with E-state index < -0.39 is 9.84 Å². The number of hydrogen-bond donors (Lipinski definition) is 0. The fourth-order valence-corrected chi connectivity index (χ4v) is 2.25. The summed E-state index contributed by atoms with van der Waals surface area (Å²) in [7, 11) is -2.14. The highest BCUT2D eigenvalue weighted by Crippen LogP contribution is 2.24. The normalized spacial score (nSPS) is 11.7. The summed E-state index contributed by atoms with van der Waals surface area (Å²) in [4.78, 5) is 8.10. The molecule has 0 bridgehead atoms. The van der Waals surface area contributed by atoms with E-state index in [0.717, 1.165) is 6.26 Å². The number of sulfone groups is 1. The zero-order valence-electron chi connectivity index (χ0n) is 9.14. The first-order valence-corrected chi connectivity index (χ1v) is 6.90. The summed E-state index contributed by atoms with van der Waals surface area (Å²) in [6, 6.07) is 4.83. The smallest absolute Gasteiger partial charge is 0.252 e. The number of rotatable bonds is 2. The number of benzene rings is 1. The number of aromatic nitrogens is 2. The molecule has 0 aliphatic rings. The number of methoxy groups -OCH3 is 1. The van der Waals surface area contributed by atoms with Crippen LogP contribution < -0.4 is 4.74 Å². The lowest BCUT2D eigenvalue weighted by atomic mass is 10.3. The Morgan fingerprint density at radius 3 is 2.53 bits per heavy atom. The maximum Gasteiger partial charge on any atom is 0.252 e. The maximum atomic E-state index is 11.5. The molecule has 7 heteroatoms. The summed E-state index contributed by atoms with van der Waals surface area (Å²) >= 11 is 5.82. The number of ether oxygens (including phenoxy) is 1. The van der Waals surface area contributed by atoms with Crippen molar-refractivity contribution in [3.05, 3.63) is 23.2 Å². The van der Waals surface area contributed by atoms with Gasteiger partial charge < -0.3 is 4.74 Å². The van der Waals surface area contributed by atoms with E-state index in [1.54, 1.807) is 18.2 Å². The molecule has 0 aliphatic heterocycles. The van der Waals surface area contributed by atoms with Gasteiger partial charge in [-0.3, -0.25) is 0 Å². The summed E-state index contributed by atoms with van der Waals surface area (Å²) < 4.78 is 28.0. The molecule has 0 saturated heterocycles. The lowest BCUT2D eigenvalue weighted by Gasteiger charge is -2.06. The summed E-state index contributed by atoms with van der Waals surface area (Å²) in [5, 5.41) is 0.329. The van der Waals surface area contributed by atoms with Crippen LogP contribution in [0.1, 0.15) is 0 Å². The van der Waals surface area contributed by atoms with Crippen molar-refractivity contribution < 1.29 is 13.2 Å². The third-order valence-electron chi connectivity index (χ3n) is 2.11. The van der Waals surface area contributed by atoms with Gasteiger partial charge in [0.15, 0.2) is 9.84 Å². The molecule has 0 spiro atoms. The van der Waals surface area contributed by atoms with E-state index in [1.807, 2.05) is 0 Å². The highest BCUT2D eigenvalue weighted by Gasteiger charge is 2.19. The largest absolute Gasteiger partial charge is 0.479 e. The Morgan fingerprint density at radius 2 is 1.94 bits per heavy atom. The first-order valence-electron chi connectivity index (χ1n) is 4.63. The molecule has 90 valence electrons. The van der Waals surface area contributed by atoms with Crippen LogP contribution in [-0.4, -0.2) is 31.8 Å². The van der Waals surface area contributed by atoms with Crippen molar-refractivity contribution in [1.82, 2.24) is 9.97 Å². The molecule has 0 amide bonds. The van der Waals surface area contributed by atoms with Crippen molar-refractivity contribution in [2.75, 3.05) is 13.4 Å². The molecule has 17 heavy (non-hydrogen) atoms. The van der Waals surface area contributed by atoms with E-state index in [1.165, 1.54) is 7.11 Å². The number of hydrogen-bond acceptors (Lipinski definition) is 5. The molecule has 0 unspecified atom stereocenters. The van der Waals surface area contributed by atoms with E-state index in [9.17, 15) is 8.42 Å². The molecular formula is C10H9ClN2O3S. The third kappa shape index (κ3) is 2.32. The minimum absolute atomic E-state index is 0.0257. The van der Waals surface area contributed by atoms with Crippen LogP contribution in [0.2, 0.25) is 5.02 Å². The Kier molecular flexibility index (Phi) is 2.92. The lowest BCUT2D eigenvalue weighted by molar-refractivity contribution is 0.383. The van der Waals surface area contributed by atoms with Gasteiger partial charge in [-0.2, -0.15) is 0 Å². The summed E-state index contributed by atoms with van der Waals surface area (Å²) in [5.74, 6) is -0.0257. The fraction of sp³-hybridized carbons (Fsp3) is 0.200. The van der Waals surface area contributed by atoms with E-state index in [0.29, 0.717) is 16.1 Å². The zero-order valence-corrected chi connectivity index (χ0v) is 10.7. The lowest BCUT2D eigenvalue weighted by Crippen LogP contribution is -2.06. The highest BCUT2D eigenvalue weighted by molar-refractivity contribution is 7.90. The molecule has 2 rings (SSSR count). The topological polar surface area (TPSA) is 69.2 Å². The van der Waals surface area contributed by atoms with Crippen molar-refractivity contribution in [1.29, 1.82) is 0 Å². The monoisotopic (exact) mass is 272 g/mol. The van der Waals surface area contributed by atoms with Crippen LogP contribution in [0.4, 0.5) is 0 Å². The first kappa shape index (κ1) is 12.1. The number of fused-ring (bicyclic) bond motifs is 1. The fourth-order valence-electron chi connectivity index (χ4n) is 1.37. The van der Waals surface area contributed by atoms with Crippen molar-refractivity contribution in [3.8, 4) is 5.88 Å². The van der Waals surface area contributed by atoms with E-state index in [2.05, 4.69) is 9.97 Å². The zero-order chi connectivity index (χ0) is 12.6. The summed E-state index contributed by atoms with van der Waals surface area (Å²) in [6.45, 7) is 0. The van der Waals surface area contributed by atoms with Gasteiger partial charge in [0.25, 0.3) is 5.88 Å². The second kappa shape index (κ2) is 4.12. The van der Waals surface area contributed by atoms with Crippen LogP contribution in [0.15, 0.2) is 23.2 Å².